The minimum atomic E-state index is 0.142. The highest BCUT2D eigenvalue weighted by Gasteiger charge is 2.15. The lowest BCUT2D eigenvalue weighted by atomic mass is 10.1. The van der Waals surface area contributed by atoms with Crippen molar-refractivity contribution >= 4 is 5.69 Å². The third kappa shape index (κ3) is 2.81. The molecule has 0 spiro atoms. The van der Waals surface area contributed by atoms with Gasteiger partial charge in [-0.2, -0.15) is 0 Å². The average Bonchev–Trinajstić information content (AvgIpc) is 2.45. The van der Waals surface area contributed by atoms with Crippen LogP contribution in [-0.4, -0.2) is 19.3 Å². The molecule has 0 saturated heterocycles. The molecule has 1 N–H and O–H groups in total. The Morgan fingerprint density at radius 3 is 2.53 bits per heavy atom. The second kappa shape index (κ2) is 5.65. The first kappa shape index (κ1) is 13.3. The number of nitrogens with zero attached hydrogens (tertiary/aromatic N) is 1. The van der Waals surface area contributed by atoms with Crippen molar-refractivity contribution in [2.75, 3.05) is 19.1 Å². The molecule has 0 heterocycles. The molecule has 3 nitrogen and oxygen atoms in total. The highest BCUT2D eigenvalue weighted by Crippen LogP contribution is 2.33. The Morgan fingerprint density at radius 2 is 1.84 bits per heavy atom. The van der Waals surface area contributed by atoms with Gasteiger partial charge in [0.05, 0.1) is 18.8 Å². The van der Waals surface area contributed by atoms with E-state index in [0.717, 1.165) is 17.0 Å². The summed E-state index contributed by atoms with van der Waals surface area (Å²) in [6.45, 7) is 2.10. The molecule has 2 aromatic carbocycles. The largest absolute Gasteiger partial charge is 0.508 e. The Kier molecular flexibility index (Phi) is 3.95. The number of aromatic hydroxyl groups is 1. The van der Waals surface area contributed by atoms with Crippen LogP contribution in [0.15, 0.2) is 48.5 Å². The number of para-hydroxylation sites is 2. The van der Waals surface area contributed by atoms with Crippen LogP contribution in [0.1, 0.15) is 18.5 Å². The van der Waals surface area contributed by atoms with Crippen LogP contribution in [0.2, 0.25) is 0 Å². The monoisotopic (exact) mass is 257 g/mol. The van der Waals surface area contributed by atoms with Gasteiger partial charge in [0.15, 0.2) is 0 Å². The molecule has 2 aromatic rings. The Hall–Kier alpha value is -2.16. The highest BCUT2D eigenvalue weighted by molar-refractivity contribution is 5.59. The lowest BCUT2D eigenvalue weighted by Gasteiger charge is -2.28. The van der Waals surface area contributed by atoms with Crippen LogP contribution in [0.4, 0.5) is 5.69 Å². The maximum atomic E-state index is 9.57. The van der Waals surface area contributed by atoms with Crippen molar-refractivity contribution in [1.29, 1.82) is 0 Å². The molecular weight excluding hydrogens is 238 g/mol. The molecule has 1 atom stereocenters. The molecule has 3 heteroatoms. The minimum absolute atomic E-state index is 0.142. The minimum Gasteiger partial charge on any atom is -0.508 e. The summed E-state index contributed by atoms with van der Waals surface area (Å²) in [6.07, 6.45) is 0. The molecule has 0 aliphatic rings. The van der Waals surface area contributed by atoms with E-state index in [9.17, 15) is 5.11 Å². The number of rotatable bonds is 4. The Balaban J connectivity index is 2.30. The van der Waals surface area contributed by atoms with Crippen molar-refractivity contribution in [3.05, 3.63) is 54.1 Å². The van der Waals surface area contributed by atoms with E-state index in [4.69, 9.17) is 4.74 Å². The van der Waals surface area contributed by atoms with Crippen LogP contribution in [-0.2, 0) is 0 Å². The topological polar surface area (TPSA) is 32.7 Å². The summed E-state index contributed by atoms with van der Waals surface area (Å²) in [5.41, 5.74) is 2.09. The molecule has 2 rings (SSSR count). The zero-order chi connectivity index (χ0) is 13.8. The first-order valence-corrected chi connectivity index (χ1v) is 6.28. The second-order valence-corrected chi connectivity index (χ2v) is 4.55. The smallest absolute Gasteiger partial charge is 0.142 e. The third-order valence-corrected chi connectivity index (χ3v) is 3.40. The number of phenols is 1. The number of benzene rings is 2. The normalized spacial score (nSPS) is 11.9. The molecule has 0 aromatic heterocycles. The van der Waals surface area contributed by atoms with E-state index in [-0.39, 0.29) is 11.8 Å². The van der Waals surface area contributed by atoms with Gasteiger partial charge >= 0.3 is 0 Å². The third-order valence-electron chi connectivity index (χ3n) is 3.40. The van der Waals surface area contributed by atoms with Crippen molar-refractivity contribution in [1.82, 2.24) is 0 Å². The van der Waals surface area contributed by atoms with Gasteiger partial charge in [0, 0.05) is 7.05 Å². The van der Waals surface area contributed by atoms with E-state index >= 15 is 0 Å². The van der Waals surface area contributed by atoms with E-state index in [1.165, 1.54) is 0 Å². The fourth-order valence-electron chi connectivity index (χ4n) is 2.14. The first-order chi connectivity index (χ1) is 9.13. The van der Waals surface area contributed by atoms with E-state index < -0.39 is 0 Å². The van der Waals surface area contributed by atoms with Crippen LogP contribution in [0, 0.1) is 0 Å². The van der Waals surface area contributed by atoms with Gasteiger partial charge in [0.25, 0.3) is 0 Å². The van der Waals surface area contributed by atoms with Crippen molar-refractivity contribution < 1.29 is 9.84 Å². The number of hydrogen-bond donors (Lipinski definition) is 1. The van der Waals surface area contributed by atoms with E-state index in [1.54, 1.807) is 19.2 Å². The molecule has 19 heavy (non-hydrogen) atoms. The predicted molar refractivity (Wildman–Crippen MR) is 77.9 cm³/mol. The maximum Gasteiger partial charge on any atom is 0.142 e. The molecular formula is C16H19NO2. The molecule has 0 aliphatic heterocycles. The summed E-state index contributed by atoms with van der Waals surface area (Å²) < 4.78 is 5.39. The summed E-state index contributed by atoms with van der Waals surface area (Å²) in [4.78, 5) is 2.13. The fourth-order valence-corrected chi connectivity index (χ4v) is 2.14. The van der Waals surface area contributed by atoms with Gasteiger partial charge in [-0.05, 0) is 36.8 Å². The van der Waals surface area contributed by atoms with Crippen molar-refractivity contribution in [2.24, 2.45) is 0 Å². The van der Waals surface area contributed by atoms with Crippen LogP contribution < -0.4 is 9.64 Å². The number of anilines is 1. The molecule has 1 unspecified atom stereocenters. The number of hydrogen-bond acceptors (Lipinski definition) is 3. The number of phenolic OH excluding ortho intramolecular Hbond substituents is 1. The summed E-state index contributed by atoms with van der Waals surface area (Å²) >= 11 is 0. The average molecular weight is 257 g/mol. The SMILES string of the molecule is COc1ccccc1N(C)C(C)c1cccc(O)c1. The lowest BCUT2D eigenvalue weighted by Crippen LogP contribution is -2.22. The highest BCUT2D eigenvalue weighted by atomic mass is 16.5. The molecule has 0 aliphatic carbocycles. The standard InChI is InChI=1S/C16H19NO2/c1-12(13-7-6-8-14(18)11-13)17(2)15-9-4-5-10-16(15)19-3/h4-12,18H,1-3H3. The Bertz CT molecular complexity index is 554. The van der Waals surface area contributed by atoms with Gasteiger partial charge in [-0.1, -0.05) is 24.3 Å². The molecule has 0 saturated carbocycles. The van der Waals surface area contributed by atoms with Crippen molar-refractivity contribution in [3.63, 3.8) is 0 Å². The maximum absolute atomic E-state index is 9.57. The van der Waals surface area contributed by atoms with Crippen LogP contribution in [0.25, 0.3) is 0 Å². The lowest BCUT2D eigenvalue weighted by molar-refractivity contribution is 0.414. The van der Waals surface area contributed by atoms with E-state index in [1.807, 2.05) is 43.4 Å². The van der Waals surface area contributed by atoms with Gasteiger partial charge in [-0.15, -0.1) is 0 Å². The summed E-state index contributed by atoms with van der Waals surface area (Å²) in [5, 5.41) is 9.57. The van der Waals surface area contributed by atoms with Gasteiger partial charge in [0.2, 0.25) is 0 Å². The van der Waals surface area contributed by atoms with Gasteiger partial charge in [-0.3, -0.25) is 0 Å². The summed E-state index contributed by atoms with van der Waals surface area (Å²) in [7, 11) is 3.69. The number of methoxy groups -OCH3 is 1. The van der Waals surface area contributed by atoms with Gasteiger partial charge < -0.3 is 14.7 Å². The fraction of sp³-hybridized carbons (Fsp3) is 0.250. The molecule has 0 amide bonds. The van der Waals surface area contributed by atoms with Gasteiger partial charge in [-0.25, -0.2) is 0 Å². The van der Waals surface area contributed by atoms with E-state index in [2.05, 4.69) is 11.8 Å². The van der Waals surface area contributed by atoms with Crippen LogP contribution in [0.3, 0.4) is 0 Å². The van der Waals surface area contributed by atoms with Crippen molar-refractivity contribution in [2.45, 2.75) is 13.0 Å². The summed E-state index contributed by atoms with van der Waals surface area (Å²) in [6, 6.07) is 15.4. The quantitative estimate of drug-likeness (QED) is 0.908. The molecule has 0 bridgehead atoms. The zero-order valence-electron chi connectivity index (χ0n) is 11.5. The van der Waals surface area contributed by atoms with Crippen LogP contribution in [0.5, 0.6) is 11.5 Å². The zero-order valence-corrected chi connectivity index (χ0v) is 11.5. The molecule has 100 valence electrons. The molecule has 0 fully saturated rings. The Morgan fingerprint density at radius 1 is 1.11 bits per heavy atom. The van der Waals surface area contributed by atoms with Gasteiger partial charge in [0.1, 0.15) is 11.5 Å². The van der Waals surface area contributed by atoms with Crippen molar-refractivity contribution in [3.8, 4) is 11.5 Å². The van der Waals surface area contributed by atoms with Crippen LogP contribution >= 0.6 is 0 Å². The predicted octanol–water partition coefficient (Wildman–Crippen LogP) is 3.60. The summed E-state index contributed by atoms with van der Waals surface area (Å²) in [5.74, 6) is 1.13. The second-order valence-electron chi connectivity index (χ2n) is 4.55. The molecule has 0 radical (unpaired) electrons. The number of ether oxygens (including phenoxy) is 1. The first-order valence-electron chi connectivity index (χ1n) is 6.28. The Labute approximate surface area is 114 Å². The van der Waals surface area contributed by atoms with E-state index in [0.29, 0.717) is 0 Å².